The Labute approximate surface area is 216 Å². The molecule has 1 aliphatic rings. The molecule has 3 rings (SSSR count). The molecule has 1 aromatic carbocycles. The molecule has 1 saturated heterocycles. The number of likely N-dealkylation sites (tertiary alicyclic amines) is 1. The molecule has 0 bridgehead atoms. The van der Waals surface area contributed by atoms with E-state index in [1.54, 1.807) is 0 Å². The van der Waals surface area contributed by atoms with E-state index in [9.17, 15) is 0 Å². The highest BCUT2D eigenvalue weighted by Gasteiger charge is 2.22. The molecule has 184 valence electrons. The molecule has 8 nitrogen and oxygen atoms in total. The summed E-state index contributed by atoms with van der Waals surface area (Å²) >= 11 is 0. The van der Waals surface area contributed by atoms with Crippen LogP contribution < -0.4 is 15.5 Å². The zero-order chi connectivity index (χ0) is 22.9. The summed E-state index contributed by atoms with van der Waals surface area (Å²) in [5, 5.41) is 15.5. The van der Waals surface area contributed by atoms with Crippen molar-refractivity contribution >= 4 is 35.6 Å². The Kier molecular flexibility index (Phi) is 11.4. The molecule has 0 amide bonds. The summed E-state index contributed by atoms with van der Waals surface area (Å²) in [7, 11) is 1.99. The van der Waals surface area contributed by atoms with Gasteiger partial charge in [-0.05, 0) is 64.4 Å². The number of aryl methyl sites for hydroxylation is 2. The van der Waals surface area contributed by atoms with Gasteiger partial charge in [-0.1, -0.05) is 19.1 Å². The first kappa shape index (κ1) is 27.4. The highest BCUT2D eigenvalue weighted by molar-refractivity contribution is 14.0. The number of nitrogens with zero attached hydrogens (tertiary/aromatic N) is 6. The third kappa shape index (κ3) is 7.84. The minimum atomic E-state index is 0. The van der Waals surface area contributed by atoms with Gasteiger partial charge in [-0.15, -0.1) is 34.2 Å². The first-order valence-electron chi connectivity index (χ1n) is 11.9. The van der Waals surface area contributed by atoms with Gasteiger partial charge >= 0.3 is 0 Å². The van der Waals surface area contributed by atoms with Crippen LogP contribution in [0.25, 0.3) is 0 Å². The molecule has 1 fully saturated rings. The number of likely N-dealkylation sites (N-methyl/N-ethyl adjacent to an activating group) is 2. The van der Waals surface area contributed by atoms with Gasteiger partial charge < -0.3 is 20.1 Å². The first-order valence-corrected chi connectivity index (χ1v) is 11.9. The average Bonchev–Trinajstić information content (AvgIpc) is 3.38. The summed E-state index contributed by atoms with van der Waals surface area (Å²) < 4.78 is 1.99. The topological polar surface area (TPSA) is 73.6 Å². The number of aliphatic imine (C=N–C) groups is 1. The summed E-state index contributed by atoms with van der Waals surface area (Å²) in [6.07, 6.45) is 2.52. The molecule has 33 heavy (non-hydrogen) atoms. The van der Waals surface area contributed by atoms with Gasteiger partial charge in [0.05, 0.1) is 0 Å². The van der Waals surface area contributed by atoms with Gasteiger partial charge in [0.1, 0.15) is 12.4 Å². The number of aromatic nitrogens is 3. The molecule has 0 spiro atoms. The standard InChI is InChI=1S/C24H40N8.HI/c1-6-31-14-9-12-22(31)17-26-24(27-18-23-29-28-20(4)30(23)5)25-13-15-32(7-2)21-11-8-10-19(3)16-21;/h8,10-11,16,22H,6-7,9,12-15,17-18H2,1-5H3,(H2,25,26,27);1H. The highest BCUT2D eigenvalue weighted by Crippen LogP contribution is 2.16. The number of guanidine groups is 1. The highest BCUT2D eigenvalue weighted by atomic mass is 127. The van der Waals surface area contributed by atoms with Crippen LogP contribution in [0.4, 0.5) is 5.69 Å². The lowest BCUT2D eigenvalue weighted by Gasteiger charge is -2.26. The van der Waals surface area contributed by atoms with E-state index in [0.29, 0.717) is 12.6 Å². The monoisotopic (exact) mass is 568 g/mol. The van der Waals surface area contributed by atoms with E-state index >= 15 is 0 Å². The first-order chi connectivity index (χ1) is 15.5. The fraction of sp³-hybridized carbons (Fsp3) is 0.625. The van der Waals surface area contributed by atoms with E-state index in [0.717, 1.165) is 50.3 Å². The Morgan fingerprint density at radius 3 is 2.70 bits per heavy atom. The summed E-state index contributed by atoms with van der Waals surface area (Å²) in [6.45, 7) is 15.0. The van der Waals surface area contributed by atoms with Crippen molar-refractivity contribution in [2.45, 2.75) is 53.1 Å². The SMILES string of the molecule is CCN(CCNC(=NCc1nnc(C)n1C)NCC1CCCN1CC)c1cccc(C)c1.I. The Morgan fingerprint density at radius 1 is 1.21 bits per heavy atom. The second-order valence-corrected chi connectivity index (χ2v) is 8.54. The molecule has 0 saturated carbocycles. The predicted molar refractivity (Wildman–Crippen MR) is 148 cm³/mol. The smallest absolute Gasteiger partial charge is 0.191 e. The van der Waals surface area contributed by atoms with Gasteiger partial charge in [0.2, 0.25) is 0 Å². The predicted octanol–water partition coefficient (Wildman–Crippen LogP) is 3.10. The van der Waals surface area contributed by atoms with Crippen LogP contribution in [0, 0.1) is 13.8 Å². The maximum absolute atomic E-state index is 4.82. The van der Waals surface area contributed by atoms with Crippen LogP contribution in [0.5, 0.6) is 0 Å². The fourth-order valence-electron chi connectivity index (χ4n) is 4.27. The van der Waals surface area contributed by atoms with Crippen molar-refractivity contribution in [3.63, 3.8) is 0 Å². The summed E-state index contributed by atoms with van der Waals surface area (Å²) in [6, 6.07) is 9.26. The van der Waals surface area contributed by atoms with Gasteiger partial charge in [0, 0.05) is 45.0 Å². The molecule has 1 atom stereocenters. The van der Waals surface area contributed by atoms with Crippen LogP contribution in [0.15, 0.2) is 29.3 Å². The molecule has 1 unspecified atom stereocenters. The molecular weight excluding hydrogens is 527 g/mol. The maximum Gasteiger partial charge on any atom is 0.191 e. The third-order valence-electron chi connectivity index (χ3n) is 6.39. The zero-order valence-corrected chi connectivity index (χ0v) is 23.2. The van der Waals surface area contributed by atoms with Crippen molar-refractivity contribution in [1.82, 2.24) is 30.3 Å². The van der Waals surface area contributed by atoms with Gasteiger partial charge in [0.25, 0.3) is 0 Å². The quantitative estimate of drug-likeness (QED) is 0.261. The van der Waals surface area contributed by atoms with E-state index in [2.05, 4.69) is 75.7 Å². The fourth-order valence-corrected chi connectivity index (χ4v) is 4.27. The minimum Gasteiger partial charge on any atom is -0.370 e. The van der Waals surface area contributed by atoms with Gasteiger partial charge in [-0.25, -0.2) is 4.99 Å². The van der Waals surface area contributed by atoms with Gasteiger partial charge in [0.15, 0.2) is 11.8 Å². The lowest BCUT2D eigenvalue weighted by atomic mass is 10.2. The van der Waals surface area contributed by atoms with Crippen molar-refractivity contribution in [3.8, 4) is 0 Å². The number of nitrogens with one attached hydrogen (secondary N) is 2. The minimum absolute atomic E-state index is 0. The average molecular weight is 569 g/mol. The number of hydrogen-bond donors (Lipinski definition) is 2. The van der Waals surface area contributed by atoms with E-state index < -0.39 is 0 Å². The maximum atomic E-state index is 4.82. The van der Waals surface area contributed by atoms with Crippen LogP contribution in [-0.4, -0.2) is 70.9 Å². The second-order valence-electron chi connectivity index (χ2n) is 8.54. The number of anilines is 1. The Hall–Kier alpha value is -1.88. The summed E-state index contributed by atoms with van der Waals surface area (Å²) in [5.74, 6) is 2.61. The second kappa shape index (κ2) is 13.7. The molecule has 2 aromatic rings. The Bertz CT molecular complexity index is 881. The van der Waals surface area contributed by atoms with Crippen molar-refractivity contribution in [3.05, 3.63) is 41.5 Å². The van der Waals surface area contributed by atoms with Gasteiger partial charge in [-0.3, -0.25) is 4.90 Å². The number of hydrogen-bond acceptors (Lipinski definition) is 5. The Balaban J connectivity index is 0.00000385. The molecular formula is C24H41IN8. The van der Waals surface area contributed by atoms with Crippen molar-refractivity contribution < 1.29 is 0 Å². The number of halogens is 1. The molecule has 9 heteroatoms. The van der Waals surface area contributed by atoms with Crippen molar-refractivity contribution in [2.75, 3.05) is 44.2 Å². The molecule has 2 heterocycles. The molecule has 1 aliphatic heterocycles. The normalized spacial score (nSPS) is 16.5. The lowest BCUT2D eigenvalue weighted by molar-refractivity contribution is 0.267. The third-order valence-corrected chi connectivity index (χ3v) is 6.39. The van der Waals surface area contributed by atoms with E-state index in [4.69, 9.17) is 4.99 Å². The number of benzene rings is 1. The molecule has 1 aromatic heterocycles. The van der Waals surface area contributed by atoms with Crippen LogP contribution in [-0.2, 0) is 13.6 Å². The summed E-state index contributed by atoms with van der Waals surface area (Å²) in [5.41, 5.74) is 2.55. The van der Waals surface area contributed by atoms with Crippen LogP contribution >= 0.6 is 24.0 Å². The van der Waals surface area contributed by atoms with Crippen LogP contribution in [0.2, 0.25) is 0 Å². The molecule has 2 N–H and O–H groups in total. The van der Waals surface area contributed by atoms with Crippen molar-refractivity contribution in [1.29, 1.82) is 0 Å². The van der Waals surface area contributed by atoms with Gasteiger partial charge in [-0.2, -0.15) is 0 Å². The Morgan fingerprint density at radius 2 is 2.03 bits per heavy atom. The van der Waals surface area contributed by atoms with Crippen LogP contribution in [0.3, 0.4) is 0 Å². The number of rotatable bonds is 10. The molecule has 0 aliphatic carbocycles. The largest absolute Gasteiger partial charge is 0.370 e. The van der Waals surface area contributed by atoms with E-state index in [-0.39, 0.29) is 24.0 Å². The summed E-state index contributed by atoms with van der Waals surface area (Å²) in [4.78, 5) is 9.76. The van der Waals surface area contributed by atoms with E-state index in [1.807, 2.05) is 18.5 Å². The zero-order valence-electron chi connectivity index (χ0n) is 20.8. The molecule has 0 radical (unpaired) electrons. The van der Waals surface area contributed by atoms with Crippen LogP contribution in [0.1, 0.15) is 43.9 Å². The van der Waals surface area contributed by atoms with E-state index in [1.165, 1.54) is 30.6 Å². The van der Waals surface area contributed by atoms with Crippen molar-refractivity contribution in [2.24, 2.45) is 12.0 Å². The lowest BCUT2D eigenvalue weighted by Crippen LogP contribution is -2.46.